The second kappa shape index (κ2) is 11.4. The van der Waals surface area contributed by atoms with Crippen molar-refractivity contribution in [2.24, 2.45) is 5.73 Å². The molecule has 9 heteroatoms. The van der Waals surface area contributed by atoms with Crippen molar-refractivity contribution in [1.29, 1.82) is 0 Å². The Morgan fingerprint density at radius 2 is 2.03 bits per heavy atom. The monoisotopic (exact) mass is 435 g/mol. The molecule has 3 N–H and O–H groups in total. The molecule has 1 saturated heterocycles. The predicted molar refractivity (Wildman–Crippen MR) is 108 cm³/mol. The number of halogens is 4. The summed E-state index contributed by atoms with van der Waals surface area (Å²) in [4.78, 5) is 26.2. The summed E-state index contributed by atoms with van der Waals surface area (Å²) in [5, 5.41) is 2.81. The summed E-state index contributed by atoms with van der Waals surface area (Å²) in [6.45, 7) is 3.01. The summed E-state index contributed by atoms with van der Waals surface area (Å²) in [7, 11) is 0. The van der Waals surface area contributed by atoms with Crippen LogP contribution < -0.4 is 11.1 Å². The van der Waals surface area contributed by atoms with E-state index in [1.54, 1.807) is 17.9 Å². The van der Waals surface area contributed by atoms with Gasteiger partial charge in [0.25, 0.3) is 0 Å². The molecule has 2 amide bonds. The molecule has 0 aromatic heterocycles. The first-order valence-corrected chi connectivity index (χ1v) is 9.65. The van der Waals surface area contributed by atoms with E-state index in [0.29, 0.717) is 18.7 Å². The van der Waals surface area contributed by atoms with E-state index in [1.165, 1.54) is 6.07 Å². The first-order chi connectivity index (χ1) is 13.2. The Labute approximate surface area is 175 Å². The van der Waals surface area contributed by atoms with Crippen molar-refractivity contribution in [2.75, 3.05) is 19.6 Å². The highest BCUT2D eigenvalue weighted by Crippen LogP contribution is 2.32. The molecule has 0 radical (unpaired) electrons. The smallest absolute Gasteiger partial charge is 0.354 e. The molecule has 1 heterocycles. The van der Waals surface area contributed by atoms with Crippen LogP contribution in [0.25, 0.3) is 0 Å². The lowest BCUT2D eigenvalue weighted by Gasteiger charge is -2.36. The fourth-order valence-electron chi connectivity index (χ4n) is 3.51. The van der Waals surface area contributed by atoms with Crippen LogP contribution in [0.3, 0.4) is 0 Å². The molecule has 164 valence electrons. The van der Waals surface area contributed by atoms with Crippen LogP contribution in [-0.2, 0) is 15.8 Å². The van der Waals surface area contributed by atoms with Gasteiger partial charge in [0, 0.05) is 38.5 Å². The Balaban J connectivity index is 0.00000420. The normalized spacial score (nSPS) is 18.0. The van der Waals surface area contributed by atoms with E-state index >= 15 is 0 Å². The van der Waals surface area contributed by atoms with Crippen LogP contribution >= 0.6 is 12.4 Å². The van der Waals surface area contributed by atoms with E-state index in [0.717, 1.165) is 31.4 Å². The van der Waals surface area contributed by atoms with E-state index in [2.05, 4.69) is 5.32 Å². The van der Waals surface area contributed by atoms with Gasteiger partial charge < -0.3 is 16.0 Å². The van der Waals surface area contributed by atoms with Gasteiger partial charge in [0.15, 0.2) is 0 Å². The summed E-state index contributed by atoms with van der Waals surface area (Å²) in [6.07, 6.45) is -1.37. The maximum absolute atomic E-state index is 12.9. The zero-order chi connectivity index (χ0) is 20.7. The van der Waals surface area contributed by atoms with Crippen molar-refractivity contribution < 1.29 is 22.8 Å². The maximum atomic E-state index is 12.9. The van der Waals surface area contributed by atoms with E-state index in [4.69, 9.17) is 5.73 Å². The summed E-state index contributed by atoms with van der Waals surface area (Å²) < 4.78 is 38.8. The number of carbonyl (C=O) groups excluding carboxylic acids is 2. The number of piperidine rings is 1. The zero-order valence-corrected chi connectivity index (χ0v) is 17.3. The lowest BCUT2D eigenvalue weighted by atomic mass is 9.94. The van der Waals surface area contributed by atoms with E-state index in [-0.39, 0.29) is 55.6 Å². The number of likely N-dealkylation sites (tertiary alicyclic amines) is 1. The van der Waals surface area contributed by atoms with Gasteiger partial charge in [0.05, 0.1) is 5.56 Å². The first kappa shape index (κ1) is 25.2. The fourth-order valence-corrected chi connectivity index (χ4v) is 3.51. The molecule has 29 heavy (non-hydrogen) atoms. The van der Waals surface area contributed by atoms with Gasteiger partial charge >= 0.3 is 6.18 Å². The van der Waals surface area contributed by atoms with E-state index in [9.17, 15) is 22.8 Å². The predicted octanol–water partition coefficient (Wildman–Crippen LogP) is 3.47. The molecule has 2 unspecified atom stereocenters. The number of benzene rings is 1. The van der Waals surface area contributed by atoms with Crippen molar-refractivity contribution >= 4 is 24.2 Å². The molecule has 1 aromatic carbocycles. The Morgan fingerprint density at radius 3 is 2.69 bits per heavy atom. The number of alkyl halides is 3. The zero-order valence-electron chi connectivity index (χ0n) is 16.5. The number of nitrogens with one attached hydrogen (secondary N) is 1. The van der Waals surface area contributed by atoms with Gasteiger partial charge in [0.2, 0.25) is 11.8 Å². The molecule has 0 aliphatic carbocycles. The SMILES string of the molecule is CC(CC(=O)N1CCCCC1CNC(=O)CCN)c1cccc(C(F)(F)F)c1.Cl. The molecule has 1 fully saturated rings. The van der Waals surface area contributed by atoms with Gasteiger partial charge in [-0.2, -0.15) is 13.2 Å². The second-order valence-electron chi connectivity index (χ2n) is 7.31. The number of hydrogen-bond donors (Lipinski definition) is 2. The minimum atomic E-state index is -4.40. The van der Waals surface area contributed by atoms with Crippen LogP contribution in [0.15, 0.2) is 24.3 Å². The van der Waals surface area contributed by atoms with Crippen molar-refractivity contribution in [3.05, 3.63) is 35.4 Å². The van der Waals surface area contributed by atoms with Crippen molar-refractivity contribution in [3.8, 4) is 0 Å². The van der Waals surface area contributed by atoms with Crippen molar-refractivity contribution in [3.63, 3.8) is 0 Å². The number of carbonyl (C=O) groups is 2. The van der Waals surface area contributed by atoms with Gasteiger partial charge in [-0.15, -0.1) is 12.4 Å². The number of amides is 2. The molecule has 2 rings (SSSR count). The van der Waals surface area contributed by atoms with Crippen LogP contribution in [0.2, 0.25) is 0 Å². The fraction of sp³-hybridized carbons (Fsp3) is 0.600. The van der Waals surface area contributed by atoms with Gasteiger partial charge in [-0.05, 0) is 36.8 Å². The Kier molecular flexibility index (Phi) is 9.92. The molecule has 1 aromatic rings. The highest BCUT2D eigenvalue weighted by molar-refractivity contribution is 5.85. The van der Waals surface area contributed by atoms with Gasteiger partial charge in [0.1, 0.15) is 0 Å². The van der Waals surface area contributed by atoms with Crippen LogP contribution in [-0.4, -0.2) is 42.4 Å². The van der Waals surface area contributed by atoms with Crippen molar-refractivity contribution in [1.82, 2.24) is 10.2 Å². The molecular formula is C20H29ClF3N3O2. The third-order valence-electron chi connectivity index (χ3n) is 5.12. The maximum Gasteiger partial charge on any atom is 0.416 e. The van der Waals surface area contributed by atoms with E-state index < -0.39 is 11.7 Å². The third-order valence-corrected chi connectivity index (χ3v) is 5.12. The second-order valence-corrected chi connectivity index (χ2v) is 7.31. The van der Waals surface area contributed by atoms with Gasteiger partial charge in [-0.25, -0.2) is 0 Å². The minimum Gasteiger partial charge on any atom is -0.354 e. The Morgan fingerprint density at radius 1 is 1.31 bits per heavy atom. The molecule has 0 saturated carbocycles. The first-order valence-electron chi connectivity index (χ1n) is 9.65. The highest BCUT2D eigenvalue weighted by atomic mass is 35.5. The number of nitrogens with two attached hydrogens (primary N) is 1. The molecule has 2 atom stereocenters. The van der Waals surface area contributed by atoms with Crippen LogP contribution in [0, 0.1) is 0 Å². The molecule has 1 aliphatic rings. The van der Waals surface area contributed by atoms with Crippen LogP contribution in [0.5, 0.6) is 0 Å². The topological polar surface area (TPSA) is 75.4 Å². The molecular weight excluding hydrogens is 407 g/mol. The summed E-state index contributed by atoms with van der Waals surface area (Å²) in [6, 6.07) is 5.04. The number of hydrogen-bond acceptors (Lipinski definition) is 3. The van der Waals surface area contributed by atoms with Gasteiger partial charge in [-0.1, -0.05) is 25.1 Å². The molecule has 5 nitrogen and oxygen atoms in total. The molecule has 0 bridgehead atoms. The Bertz CT molecular complexity index is 685. The standard InChI is InChI=1S/C20H28F3N3O2.ClH/c1-14(15-5-4-6-16(12-15)20(21,22)23)11-19(28)26-10-3-2-7-17(26)13-25-18(27)8-9-24;/h4-6,12,14,17H,2-3,7-11,13,24H2,1H3,(H,25,27);1H. The largest absolute Gasteiger partial charge is 0.416 e. The summed E-state index contributed by atoms with van der Waals surface area (Å²) >= 11 is 0. The molecule has 1 aliphatic heterocycles. The summed E-state index contributed by atoms with van der Waals surface area (Å²) in [5.74, 6) is -0.565. The lowest BCUT2D eigenvalue weighted by Crippen LogP contribution is -2.49. The summed E-state index contributed by atoms with van der Waals surface area (Å²) in [5.41, 5.74) is 5.15. The quantitative estimate of drug-likeness (QED) is 0.688. The lowest BCUT2D eigenvalue weighted by molar-refractivity contribution is -0.137. The third kappa shape index (κ3) is 7.51. The molecule has 0 spiro atoms. The van der Waals surface area contributed by atoms with Crippen LogP contribution in [0.1, 0.15) is 56.1 Å². The minimum absolute atomic E-state index is 0. The van der Waals surface area contributed by atoms with E-state index in [1.807, 2.05) is 0 Å². The Hall–Kier alpha value is -1.80. The average molecular weight is 436 g/mol. The van der Waals surface area contributed by atoms with Crippen LogP contribution in [0.4, 0.5) is 13.2 Å². The highest BCUT2D eigenvalue weighted by Gasteiger charge is 2.31. The average Bonchev–Trinajstić information content (AvgIpc) is 2.66. The van der Waals surface area contributed by atoms with Gasteiger partial charge in [-0.3, -0.25) is 9.59 Å². The number of rotatable bonds is 7. The van der Waals surface area contributed by atoms with Crippen molar-refractivity contribution in [2.45, 2.75) is 57.2 Å². The number of nitrogens with zero attached hydrogens (tertiary/aromatic N) is 1.